The molecule has 0 N–H and O–H groups in total. The molecule has 1 aromatic rings. The van der Waals surface area contributed by atoms with Crippen LogP contribution in [0.2, 0.25) is 0 Å². The van der Waals surface area contributed by atoms with Gasteiger partial charge in [-0.2, -0.15) is 0 Å². The number of benzene rings is 1. The lowest BCUT2D eigenvalue weighted by atomic mass is 10.0. The Bertz CT molecular complexity index is 499. The van der Waals surface area contributed by atoms with Crippen molar-refractivity contribution in [2.45, 2.75) is 45.0 Å². The minimum atomic E-state index is -1.12. The fourth-order valence-corrected chi connectivity index (χ4v) is 2.34. The number of alkyl halides is 1. The van der Waals surface area contributed by atoms with Gasteiger partial charge in [-0.15, -0.1) is 0 Å². The molecule has 0 aliphatic carbocycles. The molecule has 110 valence electrons. The van der Waals surface area contributed by atoms with E-state index in [1.165, 1.54) is 17.0 Å². The number of amides is 1. The lowest BCUT2D eigenvalue weighted by Crippen LogP contribution is -2.37. The molecule has 0 unspecified atom stereocenters. The van der Waals surface area contributed by atoms with Crippen molar-refractivity contribution in [1.82, 2.24) is 4.90 Å². The third-order valence-corrected chi connectivity index (χ3v) is 3.11. The molecule has 0 saturated carbocycles. The Hall–Kier alpha value is -1.65. The molecule has 3 nitrogen and oxygen atoms in total. The number of carbonyl (C=O) groups excluding carboxylic acids is 1. The lowest BCUT2D eigenvalue weighted by molar-refractivity contribution is 0.0216. The van der Waals surface area contributed by atoms with E-state index in [0.717, 1.165) is 0 Å². The molecule has 1 aliphatic rings. The van der Waals surface area contributed by atoms with Gasteiger partial charge in [0.15, 0.2) is 0 Å². The molecular formula is C15H19F2NO2. The SMILES string of the molecule is CC(C)(C)OC(=O)N1C[C@@H](F)C[C@H]1c1cccc(F)c1. The Labute approximate surface area is 117 Å². The first-order valence-electron chi connectivity index (χ1n) is 6.65. The highest BCUT2D eigenvalue weighted by Crippen LogP contribution is 2.34. The van der Waals surface area contributed by atoms with Crippen LogP contribution in [0.1, 0.15) is 38.8 Å². The van der Waals surface area contributed by atoms with Crippen LogP contribution in [0.4, 0.5) is 13.6 Å². The van der Waals surface area contributed by atoms with Crippen LogP contribution >= 0.6 is 0 Å². The highest BCUT2D eigenvalue weighted by molar-refractivity contribution is 5.69. The van der Waals surface area contributed by atoms with Crippen molar-refractivity contribution < 1.29 is 18.3 Å². The largest absolute Gasteiger partial charge is 0.444 e. The lowest BCUT2D eigenvalue weighted by Gasteiger charge is -2.28. The molecule has 0 radical (unpaired) electrons. The van der Waals surface area contributed by atoms with Crippen molar-refractivity contribution in [2.24, 2.45) is 0 Å². The fraction of sp³-hybridized carbons (Fsp3) is 0.533. The molecule has 0 bridgehead atoms. The number of halogens is 2. The molecule has 0 aromatic heterocycles. The highest BCUT2D eigenvalue weighted by atomic mass is 19.1. The number of rotatable bonds is 1. The van der Waals surface area contributed by atoms with Gasteiger partial charge in [0, 0.05) is 6.42 Å². The van der Waals surface area contributed by atoms with Crippen LogP contribution in [-0.4, -0.2) is 29.3 Å². The second-order valence-corrected chi connectivity index (χ2v) is 6.04. The first kappa shape index (κ1) is 14.8. The van der Waals surface area contributed by atoms with Gasteiger partial charge in [-0.1, -0.05) is 12.1 Å². The van der Waals surface area contributed by atoms with Crippen molar-refractivity contribution in [3.63, 3.8) is 0 Å². The van der Waals surface area contributed by atoms with Gasteiger partial charge in [0.05, 0.1) is 12.6 Å². The molecule has 1 aromatic carbocycles. The smallest absolute Gasteiger partial charge is 0.410 e. The summed E-state index contributed by atoms with van der Waals surface area (Å²) in [5, 5.41) is 0. The van der Waals surface area contributed by atoms with Gasteiger partial charge in [0.1, 0.15) is 17.6 Å². The van der Waals surface area contributed by atoms with Crippen LogP contribution in [0, 0.1) is 5.82 Å². The fourth-order valence-electron chi connectivity index (χ4n) is 2.34. The van der Waals surface area contributed by atoms with E-state index in [9.17, 15) is 13.6 Å². The van der Waals surface area contributed by atoms with E-state index in [2.05, 4.69) is 0 Å². The molecule has 1 heterocycles. The molecule has 2 rings (SSSR count). The van der Waals surface area contributed by atoms with Crippen LogP contribution < -0.4 is 0 Å². The average Bonchev–Trinajstić information content (AvgIpc) is 2.69. The summed E-state index contributed by atoms with van der Waals surface area (Å²) < 4.78 is 32.2. The maximum Gasteiger partial charge on any atom is 0.410 e. The molecule has 1 amide bonds. The van der Waals surface area contributed by atoms with Crippen molar-refractivity contribution in [1.29, 1.82) is 0 Å². The average molecular weight is 283 g/mol. The Morgan fingerprint density at radius 1 is 1.40 bits per heavy atom. The van der Waals surface area contributed by atoms with Gasteiger partial charge in [0.2, 0.25) is 0 Å². The molecule has 1 saturated heterocycles. The Morgan fingerprint density at radius 3 is 2.70 bits per heavy atom. The molecule has 5 heteroatoms. The summed E-state index contributed by atoms with van der Waals surface area (Å²) in [7, 11) is 0. The second-order valence-electron chi connectivity index (χ2n) is 6.04. The van der Waals surface area contributed by atoms with E-state index in [1.54, 1.807) is 32.9 Å². The van der Waals surface area contributed by atoms with Crippen molar-refractivity contribution in [3.8, 4) is 0 Å². The van der Waals surface area contributed by atoms with Gasteiger partial charge >= 0.3 is 6.09 Å². The minimum Gasteiger partial charge on any atom is -0.444 e. The summed E-state index contributed by atoms with van der Waals surface area (Å²) in [6.45, 7) is 5.25. The van der Waals surface area contributed by atoms with Gasteiger partial charge in [-0.05, 0) is 38.5 Å². The van der Waals surface area contributed by atoms with E-state index < -0.39 is 29.7 Å². The summed E-state index contributed by atoms with van der Waals surface area (Å²) in [5.74, 6) is -0.394. The zero-order chi connectivity index (χ0) is 14.9. The number of nitrogens with zero attached hydrogens (tertiary/aromatic N) is 1. The molecule has 1 fully saturated rings. The predicted molar refractivity (Wildman–Crippen MR) is 71.6 cm³/mol. The van der Waals surface area contributed by atoms with E-state index in [0.29, 0.717) is 5.56 Å². The quantitative estimate of drug-likeness (QED) is 0.783. The Morgan fingerprint density at radius 2 is 2.10 bits per heavy atom. The van der Waals surface area contributed by atoms with E-state index in [-0.39, 0.29) is 13.0 Å². The molecule has 20 heavy (non-hydrogen) atoms. The van der Waals surface area contributed by atoms with Crippen molar-refractivity contribution >= 4 is 6.09 Å². The summed E-state index contributed by atoms with van der Waals surface area (Å²) >= 11 is 0. The summed E-state index contributed by atoms with van der Waals surface area (Å²) in [4.78, 5) is 13.5. The number of hydrogen-bond acceptors (Lipinski definition) is 2. The Kier molecular flexibility index (Phi) is 3.97. The number of hydrogen-bond donors (Lipinski definition) is 0. The summed E-state index contributed by atoms with van der Waals surface area (Å²) in [5.41, 5.74) is -0.0474. The predicted octanol–water partition coefficient (Wildman–Crippen LogP) is 3.85. The normalized spacial score (nSPS) is 22.9. The zero-order valence-corrected chi connectivity index (χ0v) is 11.9. The Balaban J connectivity index is 2.21. The van der Waals surface area contributed by atoms with Crippen molar-refractivity contribution in [2.75, 3.05) is 6.54 Å². The maximum absolute atomic E-state index is 13.7. The summed E-state index contributed by atoms with van der Waals surface area (Å²) in [6.07, 6.45) is -1.51. The third-order valence-electron chi connectivity index (χ3n) is 3.11. The molecule has 2 atom stereocenters. The van der Waals surface area contributed by atoms with Crippen molar-refractivity contribution in [3.05, 3.63) is 35.6 Å². The zero-order valence-electron chi connectivity index (χ0n) is 11.9. The number of carbonyl (C=O) groups is 1. The van der Waals surface area contributed by atoms with E-state index in [4.69, 9.17) is 4.74 Å². The maximum atomic E-state index is 13.7. The van der Waals surface area contributed by atoms with E-state index >= 15 is 0 Å². The van der Waals surface area contributed by atoms with Crippen LogP contribution in [0.25, 0.3) is 0 Å². The minimum absolute atomic E-state index is 0.0178. The van der Waals surface area contributed by atoms with Gasteiger partial charge in [-0.25, -0.2) is 13.6 Å². The van der Waals surface area contributed by atoms with Crippen LogP contribution in [0.15, 0.2) is 24.3 Å². The number of ether oxygens (including phenoxy) is 1. The second kappa shape index (κ2) is 5.38. The third kappa shape index (κ3) is 3.46. The van der Waals surface area contributed by atoms with Crippen LogP contribution in [-0.2, 0) is 4.74 Å². The standard InChI is InChI=1S/C15H19F2NO2/c1-15(2,3)20-14(19)18-9-12(17)8-13(18)10-5-4-6-11(16)7-10/h4-7,12-13H,8-9H2,1-3H3/t12-,13-/m0/s1. The van der Waals surface area contributed by atoms with Crippen LogP contribution in [0.5, 0.6) is 0 Å². The van der Waals surface area contributed by atoms with Gasteiger partial charge in [-0.3, -0.25) is 4.90 Å². The first-order chi connectivity index (χ1) is 9.26. The first-order valence-corrected chi connectivity index (χ1v) is 6.65. The highest BCUT2D eigenvalue weighted by Gasteiger charge is 2.38. The topological polar surface area (TPSA) is 29.5 Å². The van der Waals surface area contributed by atoms with Gasteiger partial charge < -0.3 is 4.74 Å². The van der Waals surface area contributed by atoms with E-state index in [1.807, 2.05) is 0 Å². The van der Waals surface area contributed by atoms with Gasteiger partial charge in [0.25, 0.3) is 0 Å². The molecule has 1 aliphatic heterocycles. The monoisotopic (exact) mass is 283 g/mol. The number of likely N-dealkylation sites (tertiary alicyclic amines) is 1. The molecule has 0 spiro atoms. The summed E-state index contributed by atoms with van der Waals surface area (Å²) in [6, 6.07) is 5.44. The van der Waals surface area contributed by atoms with Crippen LogP contribution in [0.3, 0.4) is 0 Å². The molecular weight excluding hydrogens is 264 g/mol.